The summed E-state index contributed by atoms with van der Waals surface area (Å²) in [6.45, 7) is 0. The fourth-order valence-corrected chi connectivity index (χ4v) is 3.40. The van der Waals surface area contributed by atoms with Gasteiger partial charge in [0.05, 0.1) is 0 Å². The summed E-state index contributed by atoms with van der Waals surface area (Å²) in [5, 5.41) is 5.64. The van der Waals surface area contributed by atoms with Gasteiger partial charge >= 0.3 is 0 Å². The highest BCUT2D eigenvalue weighted by Crippen LogP contribution is 2.50. The second kappa shape index (κ2) is 2.87. The number of thiophene rings is 1. The second-order valence-electron chi connectivity index (χ2n) is 5.09. The number of rotatable bonds is 2. The second-order valence-corrected chi connectivity index (χ2v) is 6.07. The maximum atomic E-state index is 12.3. The van der Waals surface area contributed by atoms with E-state index >= 15 is 0 Å². The van der Waals surface area contributed by atoms with Crippen LogP contribution in [0.3, 0.4) is 0 Å². The zero-order chi connectivity index (χ0) is 10.8. The summed E-state index contributed by atoms with van der Waals surface area (Å²) in [6, 6.07) is 4.70. The molecule has 1 atom stereocenters. The molecule has 1 aliphatic heterocycles. The van der Waals surface area contributed by atoms with Crippen LogP contribution < -0.4 is 5.32 Å². The van der Waals surface area contributed by atoms with Crippen LogP contribution in [0.1, 0.15) is 36.7 Å². The number of hydrogen-bond acceptors (Lipinski definition) is 3. The summed E-state index contributed by atoms with van der Waals surface area (Å²) in [4.78, 5) is 15.7. The molecule has 4 heteroatoms. The normalized spacial score (nSPS) is 31.4. The topological polar surface area (TPSA) is 32.3 Å². The van der Waals surface area contributed by atoms with E-state index in [0.717, 1.165) is 12.8 Å². The van der Waals surface area contributed by atoms with E-state index in [1.807, 2.05) is 0 Å². The van der Waals surface area contributed by atoms with Crippen LogP contribution in [0, 0.1) is 0 Å². The van der Waals surface area contributed by atoms with Gasteiger partial charge in [-0.2, -0.15) is 0 Å². The molecule has 3 fully saturated rings. The highest BCUT2D eigenvalue weighted by Gasteiger charge is 2.61. The van der Waals surface area contributed by atoms with Crippen molar-refractivity contribution >= 4 is 17.2 Å². The van der Waals surface area contributed by atoms with E-state index in [-0.39, 0.29) is 11.7 Å². The maximum absolute atomic E-state index is 12.3. The van der Waals surface area contributed by atoms with Crippen LogP contribution >= 0.6 is 11.3 Å². The van der Waals surface area contributed by atoms with Crippen molar-refractivity contribution in [3.8, 4) is 0 Å². The molecular weight excluding hydrogens is 220 g/mol. The minimum absolute atomic E-state index is 0.155. The molecule has 1 saturated heterocycles. The molecule has 3 aliphatic rings. The van der Waals surface area contributed by atoms with E-state index in [0.29, 0.717) is 11.9 Å². The number of hydrogen-bond donors (Lipinski definition) is 1. The molecule has 1 aromatic heterocycles. The van der Waals surface area contributed by atoms with Crippen LogP contribution in [0.15, 0.2) is 17.5 Å². The maximum Gasteiger partial charge on any atom is 0.244 e. The fraction of sp³-hybridized carbons (Fsp3) is 0.583. The SMILES string of the molecule is O=C1N(C2CC2)C(c2cccs2)NC12CC2. The van der Waals surface area contributed by atoms with E-state index in [4.69, 9.17) is 0 Å². The van der Waals surface area contributed by atoms with Gasteiger partial charge in [-0.25, -0.2) is 0 Å². The first-order valence-corrected chi connectivity index (χ1v) is 6.82. The van der Waals surface area contributed by atoms with Crippen LogP contribution in [0.5, 0.6) is 0 Å². The Morgan fingerprint density at radius 1 is 1.44 bits per heavy atom. The Kier molecular flexibility index (Phi) is 1.65. The average Bonchev–Trinajstić information content (AvgIpc) is 3.17. The van der Waals surface area contributed by atoms with Crippen molar-refractivity contribution in [2.45, 2.75) is 43.4 Å². The Morgan fingerprint density at radius 2 is 2.25 bits per heavy atom. The van der Waals surface area contributed by atoms with Gasteiger partial charge in [-0.1, -0.05) is 6.07 Å². The molecule has 2 aliphatic carbocycles. The molecule has 16 heavy (non-hydrogen) atoms. The van der Waals surface area contributed by atoms with Crippen molar-refractivity contribution in [1.29, 1.82) is 0 Å². The Hall–Kier alpha value is -0.870. The molecule has 1 unspecified atom stereocenters. The Labute approximate surface area is 98.4 Å². The molecular formula is C12H14N2OS. The summed E-state index contributed by atoms with van der Waals surface area (Å²) >= 11 is 1.74. The largest absolute Gasteiger partial charge is 0.317 e. The monoisotopic (exact) mass is 234 g/mol. The molecule has 1 spiro atoms. The minimum atomic E-state index is -0.169. The molecule has 1 amide bonds. The molecule has 1 N–H and O–H groups in total. The van der Waals surface area contributed by atoms with Gasteiger partial charge in [0.15, 0.2) is 0 Å². The Balaban J connectivity index is 1.72. The standard InChI is InChI=1S/C12H14N2OS/c15-11-12(5-6-12)13-10(9-2-1-7-16-9)14(11)8-3-4-8/h1-2,7-8,10,13H,3-6H2. The first kappa shape index (κ1) is 9.19. The van der Waals surface area contributed by atoms with Crippen molar-refractivity contribution < 1.29 is 4.79 Å². The lowest BCUT2D eigenvalue weighted by Crippen LogP contribution is -2.33. The van der Waals surface area contributed by atoms with Crippen LogP contribution in [0.4, 0.5) is 0 Å². The predicted molar refractivity (Wildman–Crippen MR) is 62.0 cm³/mol. The molecule has 0 aromatic carbocycles. The first-order chi connectivity index (χ1) is 7.80. The number of nitrogens with zero attached hydrogens (tertiary/aromatic N) is 1. The summed E-state index contributed by atoms with van der Waals surface area (Å²) in [5.41, 5.74) is -0.169. The molecule has 4 rings (SSSR count). The molecule has 3 nitrogen and oxygen atoms in total. The zero-order valence-corrected chi connectivity index (χ0v) is 9.80. The van der Waals surface area contributed by atoms with Crippen LogP contribution in [0.25, 0.3) is 0 Å². The highest BCUT2D eigenvalue weighted by atomic mass is 32.1. The molecule has 0 bridgehead atoms. The smallest absolute Gasteiger partial charge is 0.244 e. The molecule has 2 heterocycles. The van der Waals surface area contributed by atoms with Crippen molar-refractivity contribution in [1.82, 2.24) is 10.2 Å². The molecule has 2 saturated carbocycles. The van der Waals surface area contributed by atoms with E-state index in [9.17, 15) is 4.79 Å². The quantitative estimate of drug-likeness (QED) is 0.847. The zero-order valence-electron chi connectivity index (χ0n) is 8.98. The lowest BCUT2D eigenvalue weighted by atomic mass is 10.3. The van der Waals surface area contributed by atoms with Crippen LogP contribution in [-0.4, -0.2) is 22.4 Å². The summed E-state index contributed by atoms with van der Waals surface area (Å²) in [6.07, 6.45) is 4.58. The number of nitrogens with one attached hydrogen (secondary N) is 1. The lowest BCUT2D eigenvalue weighted by Gasteiger charge is -2.22. The van der Waals surface area contributed by atoms with Gasteiger partial charge in [0.25, 0.3) is 0 Å². The van der Waals surface area contributed by atoms with Gasteiger partial charge in [0.2, 0.25) is 5.91 Å². The van der Waals surface area contributed by atoms with Gasteiger partial charge in [0, 0.05) is 10.9 Å². The number of amides is 1. The van der Waals surface area contributed by atoms with Gasteiger partial charge in [-0.3, -0.25) is 10.1 Å². The van der Waals surface area contributed by atoms with Gasteiger partial charge in [0.1, 0.15) is 11.7 Å². The van der Waals surface area contributed by atoms with Crippen molar-refractivity contribution in [2.24, 2.45) is 0 Å². The minimum Gasteiger partial charge on any atom is -0.317 e. The Morgan fingerprint density at radius 3 is 2.81 bits per heavy atom. The lowest BCUT2D eigenvalue weighted by molar-refractivity contribution is -0.131. The van der Waals surface area contributed by atoms with Gasteiger partial charge in [-0.05, 0) is 37.1 Å². The predicted octanol–water partition coefficient (Wildman–Crippen LogP) is 1.87. The Bertz CT molecular complexity index is 434. The average molecular weight is 234 g/mol. The molecule has 1 aromatic rings. The van der Waals surface area contributed by atoms with Crippen molar-refractivity contribution in [3.63, 3.8) is 0 Å². The van der Waals surface area contributed by atoms with E-state index < -0.39 is 0 Å². The van der Waals surface area contributed by atoms with E-state index in [1.165, 1.54) is 17.7 Å². The summed E-state index contributed by atoms with van der Waals surface area (Å²) < 4.78 is 0. The third-order valence-corrected chi connectivity index (χ3v) is 4.76. The van der Waals surface area contributed by atoms with Gasteiger partial charge in [-0.15, -0.1) is 11.3 Å². The number of carbonyl (C=O) groups excluding carboxylic acids is 1. The molecule has 84 valence electrons. The van der Waals surface area contributed by atoms with Crippen molar-refractivity contribution in [3.05, 3.63) is 22.4 Å². The van der Waals surface area contributed by atoms with E-state index in [1.54, 1.807) is 11.3 Å². The third kappa shape index (κ3) is 1.14. The van der Waals surface area contributed by atoms with Crippen molar-refractivity contribution in [2.75, 3.05) is 0 Å². The highest BCUT2D eigenvalue weighted by molar-refractivity contribution is 7.10. The van der Waals surface area contributed by atoms with Crippen LogP contribution in [-0.2, 0) is 4.79 Å². The fourth-order valence-electron chi connectivity index (χ4n) is 2.62. The summed E-state index contributed by atoms with van der Waals surface area (Å²) in [5.74, 6) is 0.355. The number of carbonyl (C=O) groups is 1. The van der Waals surface area contributed by atoms with Gasteiger partial charge < -0.3 is 4.90 Å². The third-order valence-electron chi connectivity index (χ3n) is 3.84. The van der Waals surface area contributed by atoms with Crippen LogP contribution in [0.2, 0.25) is 0 Å². The van der Waals surface area contributed by atoms with E-state index in [2.05, 4.69) is 27.7 Å². The summed E-state index contributed by atoms with van der Waals surface area (Å²) in [7, 11) is 0. The molecule has 0 radical (unpaired) electrons. The first-order valence-electron chi connectivity index (χ1n) is 5.94.